The molecule has 7 rings (SSSR count). The van der Waals surface area contributed by atoms with Gasteiger partial charge in [0, 0.05) is 59.0 Å². The molecule has 1 aliphatic carbocycles. The normalized spacial score (nSPS) is 14.6. The monoisotopic (exact) mass is 704 g/mol. The standard InChI is InChI=1S/C37H32N6O5S2/c1-21(44)48-34-20-33-27(26-4-2-3-5-28(26)34)10-13-43(33)37(47)32-19-23-17-25(7-9-30(23)42-32)40-36(46)31-18-22-16-24(6-8-29(22)41-31)39-35(45)11-14-49-50-15-12-38/h2-5,7-9,16-20,24,41-42H,6,10-11,13-15H2,1H3,(H,39,45)(H,40,46). The largest absolute Gasteiger partial charge is 0.426 e. The van der Waals surface area contributed by atoms with E-state index in [1.54, 1.807) is 29.2 Å². The van der Waals surface area contributed by atoms with Crippen molar-refractivity contribution in [3.05, 3.63) is 88.2 Å². The van der Waals surface area contributed by atoms with Crippen LogP contribution in [0, 0.1) is 11.3 Å². The first-order valence-corrected chi connectivity index (χ1v) is 18.6. The van der Waals surface area contributed by atoms with Crippen LogP contribution < -0.4 is 30.8 Å². The third-order valence-electron chi connectivity index (χ3n) is 8.63. The second kappa shape index (κ2) is 14.2. The number of ether oxygens (including phenoxy) is 1. The average Bonchev–Trinajstić information content (AvgIpc) is 3.84. The van der Waals surface area contributed by atoms with Crippen LogP contribution in [0.25, 0.3) is 33.8 Å². The molecule has 0 spiro atoms. The minimum Gasteiger partial charge on any atom is -0.426 e. The molecule has 2 aliphatic rings. The van der Waals surface area contributed by atoms with E-state index in [0.29, 0.717) is 60.1 Å². The number of fused-ring (bicyclic) bond motifs is 5. The molecule has 3 aromatic carbocycles. The number of nitrogens with zero attached hydrogens (tertiary/aromatic N) is 2. The summed E-state index contributed by atoms with van der Waals surface area (Å²) in [7, 11) is 2.94. The van der Waals surface area contributed by atoms with Gasteiger partial charge in [-0.1, -0.05) is 58.0 Å². The zero-order valence-electron chi connectivity index (χ0n) is 27.0. The number of anilines is 2. The molecule has 3 heterocycles. The highest BCUT2D eigenvalue weighted by Gasteiger charge is 2.30. The van der Waals surface area contributed by atoms with E-state index < -0.39 is 5.97 Å². The lowest BCUT2D eigenvalue weighted by Crippen LogP contribution is -2.39. The van der Waals surface area contributed by atoms with E-state index in [1.165, 1.54) is 28.5 Å². The predicted octanol–water partition coefficient (Wildman–Crippen LogP) is 4.77. The lowest BCUT2D eigenvalue weighted by Gasteiger charge is -2.18. The Morgan fingerprint density at radius 1 is 1.02 bits per heavy atom. The molecule has 50 heavy (non-hydrogen) atoms. The zero-order valence-corrected chi connectivity index (χ0v) is 28.6. The summed E-state index contributed by atoms with van der Waals surface area (Å²) in [4.78, 5) is 59.4. The summed E-state index contributed by atoms with van der Waals surface area (Å²) in [6.07, 6.45) is 5.56. The Bertz CT molecular complexity index is 2360. The molecule has 5 aromatic rings. The van der Waals surface area contributed by atoms with E-state index in [4.69, 9.17) is 10.00 Å². The Morgan fingerprint density at radius 3 is 2.68 bits per heavy atom. The van der Waals surface area contributed by atoms with Gasteiger partial charge in [0.25, 0.3) is 11.8 Å². The Balaban J connectivity index is 1.04. The van der Waals surface area contributed by atoms with Gasteiger partial charge >= 0.3 is 5.97 Å². The van der Waals surface area contributed by atoms with Crippen molar-refractivity contribution in [3.8, 4) is 11.8 Å². The molecule has 13 heteroatoms. The highest BCUT2D eigenvalue weighted by molar-refractivity contribution is 8.76. The van der Waals surface area contributed by atoms with Gasteiger partial charge in [0.15, 0.2) is 0 Å². The molecule has 1 aliphatic heterocycles. The average molecular weight is 705 g/mol. The molecule has 252 valence electrons. The van der Waals surface area contributed by atoms with E-state index in [9.17, 15) is 19.2 Å². The van der Waals surface area contributed by atoms with E-state index in [1.807, 2.05) is 48.6 Å². The number of aromatic nitrogens is 2. The number of aromatic amines is 2. The Labute approximate surface area is 294 Å². The molecule has 0 saturated carbocycles. The van der Waals surface area contributed by atoms with E-state index in [-0.39, 0.29) is 23.8 Å². The fourth-order valence-electron chi connectivity index (χ4n) is 6.44. The van der Waals surface area contributed by atoms with E-state index >= 15 is 0 Å². The molecule has 0 fully saturated rings. The van der Waals surface area contributed by atoms with Gasteiger partial charge in [0.1, 0.15) is 17.1 Å². The highest BCUT2D eigenvalue weighted by atomic mass is 33.1. The van der Waals surface area contributed by atoms with Gasteiger partial charge in [-0.25, -0.2) is 0 Å². The van der Waals surface area contributed by atoms with Gasteiger partial charge in [-0.05, 0) is 59.3 Å². The Hall–Kier alpha value is -5.45. The summed E-state index contributed by atoms with van der Waals surface area (Å²) in [5.74, 6) is 0.433. The molecule has 0 radical (unpaired) electrons. The van der Waals surface area contributed by atoms with Crippen LogP contribution >= 0.6 is 21.6 Å². The third-order valence-corrected chi connectivity index (χ3v) is 10.8. The maximum atomic E-state index is 13.8. The van der Waals surface area contributed by atoms with Crippen LogP contribution in [0.15, 0.2) is 60.7 Å². The van der Waals surface area contributed by atoms with Gasteiger partial charge in [0.2, 0.25) is 5.91 Å². The van der Waals surface area contributed by atoms with Crippen molar-refractivity contribution in [2.24, 2.45) is 0 Å². The first-order chi connectivity index (χ1) is 24.3. The maximum Gasteiger partial charge on any atom is 0.308 e. The summed E-state index contributed by atoms with van der Waals surface area (Å²) in [6, 6.07) is 20.3. The molecule has 3 amide bonds. The zero-order chi connectivity index (χ0) is 34.8. The van der Waals surface area contributed by atoms with Crippen molar-refractivity contribution in [2.45, 2.75) is 32.2 Å². The highest BCUT2D eigenvalue weighted by Crippen LogP contribution is 2.41. The third kappa shape index (κ3) is 6.85. The molecule has 0 bridgehead atoms. The van der Waals surface area contributed by atoms with E-state index in [2.05, 4.69) is 26.7 Å². The lowest BCUT2D eigenvalue weighted by atomic mass is 10.0. The Kier molecular flexibility index (Phi) is 9.38. The van der Waals surface area contributed by atoms with Crippen molar-refractivity contribution < 1.29 is 23.9 Å². The number of rotatable bonds is 10. The van der Waals surface area contributed by atoms with Crippen LogP contribution in [0.4, 0.5) is 11.4 Å². The number of hydrogen-bond acceptors (Lipinski definition) is 8. The van der Waals surface area contributed by atoms with Gasteiger partial charge < -0.3 is 30.2 Å². The Morgan fingerprint density at radius 2 is 1.86 bits per heavy atom. The summed E-state index contributed by atoms with van der Waals surface area (Å²) < 4.78 is 5.53. The fourth-order valence-corrected chi connectivity index (χ4v) is 7.98. The quantitative estimate of drug-likeness (QED) is 0.0700. The maximum absolute atomic E-state index is 13.8. The molecule has 0 saturated heterocycles. The topological polar surface area (TPSA) is 160 Å². The lowest BCUT2D eigenvalue weighted by molar-refractivity contribution is -0.131. The van der Waals surface area contributed by atoms with Crippen molar-refractivity contribution in [1.82, 2.24) is 15.3 Å². The molecule has 1 unspecified atom stereocenters. The summed E-state index contributed by atoms with van der Waals surface area (Å²) >= 11 is 0. The molecule has 11 nitrogen and oxygen atoms in total. The number of carbonyl (C=O) groups excluding carboxylic acids is 4. The van der Waals surface area contributed by atoms with E-state index in [0.717, 1.165) is 43.5 Å². The smallest absolute Gasteiger partial charge is 0.308 e. The summed E-state index contributed by atoms with van der Waals surface area (Å²) in [6.45, 7) is 1.85. The molecule has 2 aromatic heterocycles. The molecular weight excluding hydrogens is 673 g/mol. The van der Waals surface area contributed by atoms with Crippen LogP contribution in [0.2, 0.25) is 0 Å². The molecular formula is C37H32N6O5S2. The second-order valence-electron chi connectivity index (χ2n) is 12.0. The SMILES string of the molecule is CC(=O)Oc1cc2c(c3ccccc13)CCN2C(=O)c1cc2cc(NC(=O)c3cc4c([nH]3)=CCC(NC(=O)CCSSCC#N)C=4)ccc2[nH]1. The van der Waals surface area contributed by atoms with Gasteiger partial charge in [0.05, 0.1) is 23.6 Å². The van der Waals surface area contributed by atoms with Crippen molar-refractivity contribution >= 4 is 90.5 Å². The fraction of sp³-hybridized carbons (Fsp3) is 0.216. The molecule has 1 atom stereocenters. The van der Waals surface area contributed by atoms with Gasteiger partial charge in [-0.3, -0.25) is 19.2 Å². The predicted molar refractivity (Wildman–Crippen MR) is 198 cm³/mol. The number of nitriles is 1. The van der Waals surface area contributed by atoms with Crippen molar-refractivity contribution in [2.75, 3.05) is 28.3 Å². The van der Waals surface area contributed by atoms with Crippen LogP contribution in [-0.2, 0) is 16.0 Å². The van der Waals surface area contributed by atoms with Gasteiger partial charge in [-0.2, -0.15) is 5.26 Å². The van der Waals surface area contributed by atoms with Crippen LogP contribution in [-0.4, -0.2) is 57.8 Å². The summed E-state index contributed by atoms with van der Waals surface area (Å²) in [5, 5.41) is 18.8. The van der Waals surface area contributed by atoms with Crippen molar-refractivity contribution in [1.29, 1.82) is 5.26 Å². The number of amides is 3. The second-order valence-corrected chi connectivity index (χ2v) is 14.6. The first-order valence-electron chi connectivity index (χ1n) is 16.1. The van der Waals surface area contributed by atoms with Crippen molar-refractivity contribution in [3.63, 3.8) is 0 Å². The van der Waals surface area contributed by atoms with Crippen LogP contribution in [0.3, 0.4) is 0 Å². The minimum absolute atomic E-state index is 0.0565. The number of carbonyl (C=O) groups is 4. The van der Waals surface area contributed by atoms with Gasteiger partial charge in [-0.15, -0.1) is 0 Å². The number of H-pyrrole nitrogens is 2. The number of hydrogen-bond donors (Lipinski definition) is 4. The number of benzene rings is 3. The molecule has 4 N–H and O–H groups in total. The number of esters is 1. The van der Waals surface area contributed by atoms with Crippen LogP contribution in [0.5, 0.6) is 5.75 Å². The minimum atomic E-state index is -0.429. The first kappa shape index (κ1) is 33.1. The van der Waals surface area contributed by atoms with Crippen LogP contribution in [0.1, 0.15) is 46.3 Å². The number of nitrogens with one attached hydrogen (secondary N) is 4. The summed E-state index contributed by atoms with van der Waals surface area (Å²) in [5.41, 5.74) is 3.86.